The van der Waals surface area contributed by atoms with Crippen molar-refractivity contribution in [2.75, 3.05) is 20.8 Å². The SMILES string of the molecule is COC(OC)C(COC(=O)NC(C)(C)C)SCc1ccccc1. The van der Waals surface area contributed by atoms with Crippen molar-refractivity contribution in [1.82, 2.24) is 5.32 Å². The van der Waals surface area contributed by atoms with Crippen molar-refractivity contribution in [2.24, 2.45) is 0 Å². The lowest BCUT2D eigenvalue weighted by Gasteiger charge is -2.25. The van der Waals surface area contributed by atoms with Crippen molar-refractivity contribution in [2.45, 2.75) is 43.6 Å². The normalized spacial score (nSPS) is 13.0. The van der Waals surface area contributed by atoms with Crippen LogP contribution < -0.4 is 5.32 Å². The molecule has 0 fully saturated rings. The summed E-state index contributed by atoms with van der Waals surface area (Å²) < 4.78 is 16.0. The fraction of sp³-hybridized carbons (Fsp3) is 0.588. The van der Waals surface area contributed by atoms with Gasteiger partial charge < -0.3 is 19.5 Å². The number of hydrogen-bond donors (Lipinski definition) is 1. The fourth-order valence-electron chi connectivity index (χ4n) is 1.88. The molecule has 0 aromatic heterocycles. The number of benzene rings is 1. The highest BCUT2D eigenvalue weighted by molar-refractivity contribution is 7.99. The minimum absolute atomic E-state index is 0.115. The fourth-order valence-corrected chi connectivity index (χ4v) is 3.03. The molecule has 6 heteroatoms. The van der Waals surface area contributed by atoms with Crippen molar-refractivity contribution in [3.8, 4) is 0 Å². The third-order valence-electron chi connectivity index (χ3n) is 2.93. The van der Waals surface area contributed by atoms with Gasteiger partial charge in [-0.05, 0) is 26.3 Å². The Morgan fingerprint density at radius 1 is 1.17 bits per heavy atom. The molecule has 0 aliphatic rings. The zero-order chi connectivity index (χ0) is 17.3. The molecular weight excluding hydrogens is 314 g/mol. The smallest absolute Gasteiger partial charge is 0.407 e. The van der Waals surface area contributed by atoms with E-state index in [-0.39, 0.29) is 17.4 Å². The first-order chi connectivity index (χ1) is 10.9. The number of carbonyl (C=O) groups is 1. The van der Waals surface area contributed by atoms with Crippen LogP contribution in [0.15, 0.2) is 30.3 Å². The van der Waals surface area contributed by atoms with Crippen LogP contribution in [0.1, 0.15) is 26.3 Å². The second-order valence-corrected chi connectivity index (χ2v) is 7.38. The van der Waals surface area contributed by atoms with Gasteiger partial charge >= 0.3 is 6.09 Å². The minimum Gasteiger partial charge on any atom is -0.448 e. The lowest BCUT2D eigenvalue weighted by Crippen LogP contribution is -2.42. The molecular formula is C17H27NO4S. The van der Waals surface area contributed by atoms with E-state index < -0.39 is 12.4 Å². The summed E-state index contributed by atoms with van der Waals surface area (Å²) in [6, 6.07) is 10.1. The predicted molar refractivity (Wildman–Crippen MR) is 93.6 cm³/mol. The number of methoxy groups -OCH3 is 2. The molecule has 1 unspecified atom stereocenters. The highest BCUT2D eigenvalue weighted by atomic mass is 32.2. The summed E-state index contributed by atoms with van der Waals surface area (Å²) in [4.78, 5) is 11.8. The molecule has 1 rings (SSSR count). The van der Waals surface area contributed by atoms with Crippen LogP contribution in [-0.4, -0.2) is 44.0 Å². The van der Waals surface area contributed by atoms with E-state index in [1.165, 1.54) is 5.56 Å². The molecule has 0 heterocycles. The molecule has 23 heavy (non-hydrogen) atoms. The van der Waals surface area contributed by atoms with E-state index >= 15 is 0 Å². The van der Waals surface area contributed by atoms with Crippen LogP contribution >= 0.6 is 11.8 Å². The molecule has 1 N–H and O–H groups in total. The van der Waals surface area contributed by atoms with Gasteiger partial charge in [0.05, 0.1) is 5.25 Å². The molecule has 0 aliphatic heterocycles. The maximum absolute atomic E-state index is 11.8. The van der Waals surface area contributed by atoms with Gasteiger partial charge in [0.2, 0.25) is 0 Å². The Kier molecular flexibility index (Phi) is 8.44. The van der Waals surface area contributed by atoms with Gasteiger partial charge in [-0.15, -0.1) is 11.8 Å². The van der Waals surface area contributed by atoms with Gasteiger partial charge in [0, 0.05) is 25.5 Å². The maximum atomic E-state index is 11.8. The first kappa shape index (κ1) is 19.8. The van der Waals surface area contributed by atoms with Crippen LogP contribution in [0.5, 0.6) is 0 Å². The van der Waals surface area contributed by atoms with Crippen LogP contribution in [0.2, 0.25) is 0 Å². The topological polar surface area (TPSA) is 56.8 Å². The standard InChI is InChI=1S/C17H27NO4S/c1-17(2,3)18-16(19)22-11-14(15(20-4)21-5)23-12-13-9-7-6-8-10-13/h6-10,14-15H,11-12H2,1-5H3,(H,18,19). The summed E-state index contributed by atoms with van der Waals surface area (Å²) in [5.74, 6) is 0.791. The third-order valence-corrected chi connectivity index (χ3v) is 4.22. The number of alkyl carbamates (subject to hydrolysis) is 1. The van der Waals surface area contributed by atoms with E-state index in [0.717, 1.165) is 5.75 Å². The molecule has 130 valence electrons. The summed E-state index contributed by atoms with van der Waals surface area (Å²) in [5.41, 5.74) is 0.874. The van der Waals surface area contributed by atoms with Crippen molar-refractivity contribution in [3.05, 3.63) is 35.9 Å². The van der Waals surface area contributed by atoms with Crippen LogP contribution in [0.25, 0.3) is 0 Å². The summed E-state index contributed by atoms with van der Waals surface area (Å²) in [7, 11) is 3.17. The largest absolute Gasteiger partial charge is 0.448 e. The van der Waals surface area contributed by atoms with Gasteiger partial charge in [-0.3, -0.25) is 0 Å². The number of hydrogen-bond acceptors (Lipinski definition) is 5. The van der Waals surface area contributed by atoms with E-state index in [2.05, 4.69) is 17.4 Å². The molecule has 1 amide bonds. The van der Waals surface area contributed by atoms with E-state index in [9.17, 15) is 4.79 Å². The highest BCUT2D eigenvalue weighted by Gasteiger charge is 2.24. The number of amides is 1. The van der Waals surface area contributed by atoms with Gasteiger partial charge in [0.25, 0.3) is 0 Å². The van der Waals surface area contributed by atoms with Crippen molar-refractivity contribution >= 4 is 17.9 Å². The molecule has 1 aromatic rings. The van der Waals surface area contributed by atoms with Gasteiger partial charge in [0.1, 0.15) is 6.61 Å². The zero-order valence-electron chi connectivity index (χ0n) is 14.5. The zero-order valence-corrected chi connectivity index (χ0v) is 15.3. The Bertz CT molecular complexity index is 457. The molecule has 0 saturated heterocycles. The molecule has 0 spiro atoms. The minimum atomic E-state index is -0.439. The first-order valence-corrected chi connectivity index (χ1v) is 8.56. The molecule has 0 radical (unpaired) electrons. The first-order valence-electron chi connectivity index (χ1n) is 7.52. The molecule has 0 saturated carbocycles. The summed E-state index contributed by atoms with van der Waals surface area (Å²) in [6.45, 7) is 5.93. The summed E-state index contributed by atoms with van der Waals surface area (Å²) >= 11 is 1.64. The molecule has 0 bridgehead atoms. The lowest BCUT2D eigenvalue weighted by molar-refractivity contribution is -0.107. The van der Waals surface area contributed by atoms with Crippen molar-refractivity contribution < 1.29 is 19.0 Å². The average Bonchev–Trinajstić information content (AvgIpc) is 2.49. The summed E-state index contributed by atoms with van der Waals surface area (Å²) in [5, 5.41) is 2.66. The van der Waals surface area contributed by atoms with Gasteiger partial charge in [-0.25, -0.2) is 4.79 Å². The Hall–Kier alpha value is -1.24. The second-order valence-electron chi connectivity index (χ2n) is 6.15. The quantitative estimate of drug-likeness (QED) is 0.734. The van der Waals surface area contributed by atoms with Gasteiger partial charge in [-0.2, -0.15) is 0 Å². The van der Waals surface area contributed by atoms with Crippen molar-refractivity contribution in [1.29, 1.82) is 0 Å². The monoisotopic (exact) mass is 341 g/mol. The van der Waals surface area contributed by atoms with E-state index in [4.69, 9.17) is 14.2 Å². The Morgan fingerprint density at radius 2 is 1.78 bits per heavy atom. The third kappa shape index (κ3) is 8.25. The Morgan fingerprint density at radius 3 is 2.30 bits per heavy atom. The highest BCUT2D eigenvalue weighted by Crippen LogP contribution is 2.23. The molecule has 5 nitrogen and oxygen atoms in total. The van der Waals surface area contributed by atoms with Gasteiger partial charge in [-0.1, -0.05) is 30.3 Å². The second kappa shape index (κ2) is 9.80. The molecule has 1 atom stereocenters. The van der Waals surface area contributed by atoms with E-state index in [0.29, 0.717) is 0 Å². The maximum Gasteiger partial charge on any atom is 0.407 e. The van der Waals surface area contributed by atoms with E-state index in [1.54, 1.807) is 26.0 Å². The number of carbonyl (C=O) groups excluding carboxylic acids is 1. The number of rotatable bonds is 8. The lowest BCUT2D eigenvalue weighted by atomic mass is 10.1. The summed E-state index contributed by atoms with van der Waals surface area (Å²) in [6.07, 6.45) is -0.875. The van der Waals surface area contributed by atoms with Gasteiger partial charge in [0.15, 0.2) is 6.29 Å². The number of thioether (sulfide) groups is 1. The van der Waals surface area contributed by atoms with Crippen LogP contribution in [0.4, 0.5) is 4.79 Å². The van der Waals surface area contributed by atoms with Crippen LogP contribution in [0.3, 0.4) is 0 Å². The number of ether oxygens (including phenoxy) is 3. The van der Waals surface area contributed by atoms with E-state index in [1.807, 2.05) is 39.0 Å². The molecule has 0 aliphatic carbocycles. The Balaban J connectivity index is 2.57. The van der Waals surface area contributed by atoms with Crippen molar-refractivity contribution in [3.63, 3.8) is 0 Å². The number of nitrogens with one attached hydrogen (secondary N) is 1. The average molecular weight is 341 g/mol. The molecule has 1 aromatic carbocycles. The Labute approximate surface area is 143 Å². The van der Waals surface area contributed by atoms with Crippen LogP contribution in [0, 0.1) is 0 Å². The van der Waals surface area contributed by atoms with Crippen LogP contribution in [-0.2, 0) is 20.0 Å². The predicted octanol–water partition coefficient (Wildman–Crippen LogP) is 3.43.